The molecule has 2 aromatic carbocycles. The third kappa shape index (κ3) is 5.32. The lowest BCUT2D eigenvalue weighted by Gasteiger charge is -2.07. The van der Waals surface area contributed by atoms with Gasteiger partial charge in [0.2, 0.25) is 6.79 Å². The highest BCUT2D eigenvalue weighted by Crippen LogP contribution is 2.33. The van der Waals surface area contributed by atoms with Gasteiger partial charge in [-0.15, -0.1) is 0 Å². The molecular formula is C22H16F3N3O5. The monoisotopic (exact) mass is 459 g/mol. The van der Waals surface area contributed by atoms with Gasteiger partial charge in [-0.05, 0) is 42.5 Å². The third-order valence-electron chi connectivity index (χ3n) is 4.53. The predicted octanol–water partition coefficient (Wildman–Crippen LogP) is 3.57. The fourth-order valence-corrected chi connectivity index (χ4v) is 2.93. The van der Waals surface area contributed by atoms with Crippen LogP contribution in [0.25, 0.3) is 11.3 Å². The number of nitrogens with zero attached hydrogens (tertiary/aromatic N) is 1. The molecule has 8 nitrogen and oxygen atoms in total. The van der Waals surface area contributed by atoms with Crippen molar-refractivity contribution < 1.29 is 36.7 Å². The zero-order chi connectivity index (χ0) is 23.4. The molecule has 2 N–H and O–H groups in total. The molecule has 0 aliphatic carbocycles. The fraction of sp³-hybridized carbons (Fsp3) is 0.136. The first kappa shape index (κ1) is 21.9. The Morgan fingerprint density at radius 2 is 1.85 bits per heavy atom. The molecule has 4 rings (SSSR count). The molecule has 33 heavy (non-hydrogen) atoms. The van der Waals surface area contributed by atoms with Gasteiger partial charge in [-0.3, -0.25) is 9.59 Å². The third-order valence-corrected chi connectivity index (χ3v) is 4.53. The van der Waals surface area contributed by atoms with Crippen molar-refractivity contribution in [3.63, 3.8) is 0 Å². The van der Waals surface area contributed by atoms with Gasteiger partial charge in [-0.25, -0.2) is 5.43 Å². The van der Waals surface area contributed by atoms with E-state index >= 15 is 0 Å². The first-order valence-corrected chi connectivity index (χ1v) is 9.57. The number of alkyl halides is 3. The van der Waals surface area contributed by atoms with Crippen molar-refractivity contribution in [2.45, 2.75) is 6.18 Å². The minimum Gasteiger partial charge on any atom is -0.455 e. The Kier molecular flexibility index (Phi) is 6.03. The van der Waals surface area contributed by atoms with E-state index in [1.54, 1.807) is 6.07 Å². The van der Waals surface area contributed by atoms with Crippen molar-refractivity contribution in [2.24, 2.45) is 5.10 Å². The summed E-state index contributed by atoms with van der Waals surface area (Å²) in [6, 6.07) is 12.3. The number of carbonyl (C=O) groups is 2. The van der Waals surface area contributed by atoms with E-state index in [0.29, 0.717) is 17.1 Å². The maximum Gasteiger partial charge on any atom is 0.416 e. The molecule has 170 valence electrons. The van der Waals surface area contributed by atoms with Crippen molar-refractivity contribution in [1.29, 1.82) is 0 Å². The summed E-state index contributed by atoms with van der Waals surface area (Å²) in [6.45, 7) is -0.254. The molecular weight excluding hydrogens is 443 g/mol. The smallest absolute Gasteiger partial charge is 0.416 e. The van der Waals surface area contributed by atoms with Gasteiger partial charge in [-0.1, -0.05) is 12.1 Å². The van der Waals surface area contributed by atoms with Crippen LogP contribution in [0.4, 0.5) is 13.2 Å². The minimum absolute atomic E-state index is 0.0813. The number of hydrogen-bond donors (Lipinski definition) is 2. The summed E-state index contributed by atoms with van der Waals surface area (Å²) in [5.41, 5.74) is 1.98. The van der Waals surface area contributed by atoms with E-state index in [-0.39, 0.29) is 30.4 Å². The van der Waals surface area contributed by atoms with Crippen LogP contribution >= 0.6 is 0 Å². The molecule has 0 atom stereocenters. The van der Waals surface area contributed by atoms with Gasteiger partial charge in [0, 0.05) is 11.1 Å². The summed E-state index contributed by atoms with van der Waals surface area (Å²) in [4.78, 5) is 24.0. The predicted molar refractivity (Wildman–Crippen MR) is 110 cm³/mol. The Hall–Kier alpha value is -4.28. The topological polar surface area (TPSA) is 102 Å². The number of halogens is 3. The number of ether oxygens (including phenoxy) is 2. The first-order chi connectivity index (χ1) is 15.8. The lowest BCUT2D eigenvalue weighted by atomic mass is 10.1. The van der Waals surface area contributed by atoms with Crippen molar-refractivity contribution in [3.05, 3.63) is 71.5 Å². The van der Waals surface area contributed by atoms with E-state index in [2.05, 4.69) is 15.8 Å². The van der Waals surface area contributed by atoms with Gasteiger partial charge in [0.1, 0.15) is 11.5 Å². The summed E-state index contributed by atoms with van der Waals surface area (Å²) in [6.07, 6.45) is -3.27. The highest BCUT2D eigenvalue weighted by molar-refractivity contribution is 5.97. The standard InChI is InChI=1S/C22H16F3N3O5/c23-22(24,25)15-3-1-2-13(8-15)17-7-5-16(33-17)10-27-28-20(29)11-26-21(30)14-4-6-18-19(9-14)32-12-31-18/h1-10H,11-12H2,(H,26,30)(H,28,29). The Labute approximate surface area is 185 Å². The van der Waals surface area contributed by atoms with Crippen LogP contribution in [0.2, 0.25) is 0 Å². The molecule has 0 bridgehead atoms. The fourth-order valence-electron chi connectivity index (χ4n) is 2.93. The zero-order valence-corrected chi connectivity index (χ0v) is 16.8. The lowest BCUT2D eigenvalue weighted by molar-refractivity contribution is -0.137. The number of hydrogen-bond acceptors (Lipinski definition) is 6. The molecule has 0 spiro atoms. The van der Waals surface area contributed by atoms with Crippen LogP contribution in [0.3, 0.4) is 0 Å². The van der Waals surface area contributed by atoms with Crippen LogP contribution in [-0.4, -0.2) is 31.4 Å². The average molecular weight is 459 g/mol. The molecule has 3 aromatic rings. The summed E-state index contributed by atoms with van der Waals surface area (Å²) < 4.78 is 54.4. The SMILES string of the molecule is O=C(CNC(=O)c1ccc2c(c1)OCO2)NN=Cc1ccc(-c2cccc(C(F)(F)F)c2)o1. The number of fused-ring (bicyclic) bond motifs is 1. The average Bonchev–Trinajstić information content (AvgIpc) is 3.46. The van der Waals surface area contributed by atoms with E-state index in [1.165, 1.54) is 42.6 Å². The van der Waals surface area contributed by atoms with Crippen molar-refractivity contribution in [3.8, 4) is 22.8 Å². The second-order valence-electron chi connectivity index (χ2n) is 6.82. The minimum atomic E-state index is -4.46. The Morgan fingerprint density at radius 3 is 2.67 bits per heavy atom. The van der Waals surface area contributed by atoms with Gasteiger partial charge < -0.3 is 19.2 Å². The number of furan rings is 1. The van der Waals surface area contributed by atoms with Crippen LogP contribution in [0.1, 0.15) is 21.7 Å². The molecule has 0 unspecified atom stereocenters. The van der Waals surface area contributed by atoms with Gasteiger partial charge in [-0.2, -0.15) is 18.3 Å². The van der Waals surface area contributed by atoms with Gasteiger partial charge in [0.25, 0.3) is 11.8 Å². The number of amides is 2. The molecule has 1 aliphatic rings. The number of carbonyl (C=O) groups excluding carboxylic acids is 2. The number of hydrazone groups is 1. The van der Waals surface area contributed by atoms with Crippen LogP contribution in [0.5, 0.6) is 11.5 Å². The Balaban J connectivity index is 1.29. The van der Waals surface area contributed by atoms with E-state index < -0.39 is 23.6 Å². The van der Waals surface area contributed by atoms with Crippen LogP contribution < -0.4 is 20.2 Å². The van der Waals surface area contributed by atoms with Crippen molar-refractivity contribution >= 4 is 18.0 Å². The van der Waals surface area contributed by atoms with Crippen molar-refractivity contribution in [1.82, 2.24) is 10.7 Å². The lowest BCUT2D eigenvalue weighted by Crippen LogP contribution is -2.34. The second-order valence-corrected chi connectivity index (χ2v) is 6.82. The maximum atomic E-state index is 12.9. The number of rotatable bonds is 6. The highest BCUT2D eigenvalue weighted by Gasteiger charge is 2.30. The molecule has 2 amide bonds. The molecule has 1 aliphatic heterocycles. The Bertz CT molecular complexity index is 1220. The van der Waals surface area contributed by atoms with Crippen LogP contribution in [-0.2, 0) is 11.0 Å². The molecule has 11 heteroatoms. The molecule has 2 heterocycles. The quantitative estimate of drug-likeness (QED) is 0.434. The summed E-state index contributed by atoms with van der Waals surface area (Å²) in [5.74, 6) is 0.332. The molecule has 0 saturated carbocycles. The van der Waals surface area contributed by atoms with Crippen LogP contribution in [0.15, 0.2) is 64.1 Å². The van der Waals surface area contributed by atoms with Gasteiger partial charge in [0.05, 0.1) is 18.3 Å². The molecule has 0 radical (unpaired) electrons. The van der Waals surface area contributed by atoms with E-state index in [1.807, 2.05) is 0 Å². The normalized spacial score (nSPS) is 12.7. The highest BCUT2D eigenvalue weighted by atomic mass is 19.4. The van der Waals surface area contributed by atoms with E-state index in [9.17, 15) is 22.8 Å². The summed E-state index contributed by atoms with van der Waals surface area (Å²) in [5, 5.41) is 6.16. The zero-order valence-electron chi connectivity index (χ0n) is 16.8. The van der Waals surface area contributed by atoms with E-state index in [0.717, 1.165) is 12.1 Å². The largest absolute Gasteiger partial charge is 0.455 e. The maximum absolute atomic E-state index is 12.9. The van der Waals surface area contributed by atoms with Crippen molar-refractivity contribution in [2.75, 3.05) is 13.3 Å². The molecule has 0 fully saturated rings. The molecule has 1 aromatic heterocycles. The second kappa shape index (κ2) is 9.07. The summed E-state index contributed by atoms with van der Waals surface area (Å²) >= 11 is 0. The molecule has 0 saturated heterocycles. The number of benzene rings is 2. The van der Waals surface area contributed by atoms with Crippen LogP contribution in [0, 0.1) is 0 Å². The number of nitrogens with one attached hydrogen (secondary N) is 2. The van der Waals surface area contributed by atoms with Gasteiger partial charge >= 0.3 is 6.18 Å². The Morgan fingerprint density at radius 1 is 1.03 bits per heavy atom. The van der Waals surface area contributed by atoms with Gasteiger partial charge in [0.15, 0.2) is 11.5 Å². The summed E-state index contributed by atoms with van der Waals surface area (Å²) in [7, 11) is 0. The first-order valence-electron chi connectivity index (χ1n) is 9.57. The van der Waals surface area contributed by atoms with E-state index in [4.69, 9.17) is 13.9 Å².